The van der Waals surface area contributed by atoms with Crippen LogP contribution in [0, 0.1) is 34.4 Å². The summed E-state index contributed by atoms with van der Waals surface area (Å²) in [4.78, 5) is 0. The topological polar surface area (TPSA) is 0 Å². The molecule has 0 aliphatic heterocycles. The summed E-state index contributed by atoms with van der Waals surface area (Å²) in [6.07, 6.45) is 0. The van der Waals surface area contributed by atoms with Crippen molar-refractivity contribution < 1.29 is 0 Å². The van der Waals surface area contributed by atoms with Gasteiger partial charge in [-0.25, -0.2) is 0 Å². The molecule has 0 bridgehead atoms. The maximum atomic E-state index is 3.10. The first-order valence-electron chi connectivity index (χ1n) is 3.50. The van der Waals surface area contributed by atoms with E-state index in [9.17, 15) is 0 Å². The molecule has 11 heavy (non-hydrogen) atoms. The molecule has 0 saturated heterocycles. The van der Waals surface area contributed by atoms with Gasteiger partial charge in [-0.3, -0.25) is 0 Å². The van der Waals surface area contributed by atoms with Gasteiger partial charge in [-0.05, 0) is 27.3 Å². The Morgan fingerprint density at radius 2 is 1.00 bits per heavy atom. The highest BCUT2D eigenvalue weighted by Crippen LogP contribution is 1.95. The first kappa shape index (κ1) is 9.90. The summed E-state index contributed by atoms with van der Waals surface area (Å²) in [6.45, 7) is 7.57. The normalized spacial score (nSPS) is 7.64. The van der Waals surface area contributed by atoms with Crippen LogP contribution in [0.1, 0.15) is 20.8 Å². The molecule has 0 amide bonds. The first-order valence-corrected chi connectivity index (χ1v) is 6.00. The van der Waals surface area contributed by atoms with Gasteiger partial charge in [0.15, 0.2) is 0 Å². The van der Waals surface area contributed by atoms with E-state index in [0.29, 0.717) is 0 Å². The Balaban J connectivity index is 4.81. The van der Waals surface area contributed by atoms with Gasteiger partial charge in [0.2, 0.25) is 0 Å². The largest absolute Gasteiger partial charge is 0.287 e. The summed E-state index contributed by atoms with van der Waals surface area (Å²) < 4.78 is 0. The fourth-order valence-corrected chi connectivity index (χ4v) is 2.53. The lowest BCUT2D eigenvalue weighted by atomic mass is 10.8. The molecule has 56 valence electrons. The summed E-state index contributed by atoms with van der Waals surface area (Å²) in [5.74, 6) is 8.65. The van der Waals surface area contributed by atoms with Gasteiger partial charge in [0.1, 0.15) is 0 Å². The summed E-state index contributed by atoms with van der Waals surface area (Å²) in [5.41, 5.74) is 9.31. The van der Waals surface area contributed by atoms with E-state index in [2.05, 4.69) is 40.9 Å². The molecule has 0 nitrogen and oxygen atoms in total. The van der Waals surface area contributed by atoms with E-state index in [-0.39, 0.29) is 0 Å². The van der Waals surface area contributed by atoms with Crippen molar-refractivity contribution in [3.8, 4) is 34.4 Å². The zero-order valence-electron chi connectivity index (χ0n) is 7.50. The third kappa shape index (κ3) is 3.56. The van der Waals surface area contributed by atoms with Crippen LogP contribution in [0.4, 0.5) is 0 Å². The van der Waals surface area contributed by atoms with Crippen LogP contribution in [-0.4, -0.2) is 8.07 Å². The van der Waals surface area contributed by atoms with Gasteiger partial charge in [0.25, 0.3) is 8.07 Å². The fourth-order valence-electron chi connectivity index (χ4n) is 0.844. The Morgan fingerprint density at radius 3 is 1.18 bits per heavy atom. The lowest BCUT2D eigenvalue weighted by molar-refractivity contribution is 1.89. The zero-order valence-corrected chi connectivity index (χ0v) is 8.50. The Morgan fingerprint density at radius 1 is 0.727 bits per heavy atom. The van der Waals surface area contributed by atoms with Gasteiger partial charge >= 0.3 is 0 Å². The molecule has 0 heterocycles. The molecule has 0 fully saturated rings. The molecular weight excluding hydrogens is 148 g/mol. The van der Waals surface area contributed by atoms with Crippen molar-refractivity contribution in [2.45, 2.75) is 27.3 Å². The summed E-state index contributed by atoms with van der Waals surface area (Å²) in [6, 6.07) is 0. The van der Waals surface area contributed by atoms with Gasteiger partial charge in [0, 0.05) is 0 Å². The Kier molecular flexibility index (Phi) is 4.20. The molecule has 0 aromatic rings. The average Bonchev–Trinajstić information content (AvgIpc) is 1.88. The van der Waals surface area contributed by atoms with Crippen LogP contribution in [0.15, 0.2) is 0 Å². The number of rotatable bonds is 0. The Labute approximate surface area is 70.4 Å². The van der Waals surface area contributed by atoms with Crippen molar-refractivity contribution in [3.63, 3.8) is 0 Å². The maximum Gasteiger partial charge on any atom is 0.287 e. The summed E-state index contributed by atoms with van der Waals surface area (Å²) in [5, 5.41) is 0. The van der Waals surface area contributed by atoms with Gasteiger partial charge in [-0.15, -0.1) is 34.4 Å². The van der Waals surface area contributed by atoms with Crippen molar-refractivity contribution in [3.05, 3.63) is 0 Å². The van der Waals surface area contributed by atoms with E-state index < -0.39 is 8.07 Å². The minimum atomic E-state index is -1.83. The van der Waals surface area contributed by atoms with E-state index in [1.54, 1.807) is 0 Å². The van der Waals surface area contributed by atoms with E-state index in [1.807, 2.05) is 20.8 Å². The van der Waals surface area contributed by atoms with E-state index >= 15 is 0 Å². The molecule has 0 aliphatic carbocycles. The quantitative estimate of drug-likeness (QED) is 0.374. The van der Waals surface area contributed by atoms with Gasteiger partial charge in [-0.1, -0.05) is 0 Å². The maximum absolute atomic E-state index is 3.10. The average molecular weight is 160 g/mol. The van der Waals surface area contributed by atoms with Crippen LogP contribution in [0.3, 0.4) is 0 Å². The minimum Gasteiger partial charge on any atom is -0.111 e. The number of hydrogen-bond acceptors (Lipinski definition) is 0. The predicted molar refractivity (Wildman–Crippen MR) is 52.0 cm³/mol. The molecule has 0 radical (unpaired) electrons. The second kappa shape index (κ2) is 4.67. The van der Waals surface area contributed by atoms with Crippen LogP contribution in [0.5, 0.6) is 0 Å². The molecule has 0 atom stereocenters. The van der Waals surface area contributed by atoms with Gasteiger partial charge in [-0.2, -0.15) is 0 Å². The predicted octanol–water partition coefficient (Wildman–Crippen LogP) is 1.75. The molecule has 0 rings (SSSR count). The molecule has 0 aromatic heterocycles. The fraction of sp³-hybridized carbons (Fsp3) is 0.400. The van der Waals surface area contributed by atoms with Crippen LogP contribution in [0.25, 0.3) is 0 Å². The van der Waals surface area contributed by atoms with Crippen molar-refractivity contribution in [2.75, 3.05) is 0 Å². The summed E-state index contributed by atoms with van der Waals surface area (Å²) in [7, 11) is -1.83. The van der Waals surface area contributed by atoms with Crippen LogP contribution < -0.4 is 0 Å². The van der Waals surface area contributed by atoms with Crippen molar-refractivity contribution in [1.29, 1.82) is 0 Å². The van der Waals surface area contributed by atoms with Gasteiger partial charge < -0.3 is 0 Å². The monoisotopic (exact) mass is 160 g/mol. The number of hydrogen-bond donors (Lipinski definition) is 0. The third-order valence-corrected chi connectivity index (χ3v) is 3.38. The van der Waals surface area contributed by atoms with Crippen LogP contribution in [0.2, 0.25) is 6.55 Å². The lowest BCUT2D eigenvalue weighted by Gasteiger charge is -2.01. The van der Waals surface area contributed by atoms with Gasteiger partial charge in [0.05, 0.1) is 0 Å². The smallest absolute Gasteiger partial charge is 0.111 e. The lowest BCUT2D eigenvalue weighted by Crippen LogP contribution is -2.24. The summed E-state index contributed by atoms with van der Waals surface area (Å²) >= 11 is 0. The van der Waals surface area contributed by atoms with Crippen LogP contribution in [-0.2, 0) is 0 Å². The third-order valence-electron chi connectivity index (χ3n) is 1.12. The molecule has 0 unspecified atom stereocenters. The van der Waals surface area contributed by atoms with E-state index in [0.717, 1.165) is 0 Å². The molecule has 0 saturated carbocycles. The molecule has 0 aromatic carbocycles. The molecule has 1 heteroatoms. The zero-order chi connectivity index (χ0) is 8.74. The molecule has 0 spiro atoms. The second-order valence-electron chi connectivity index (χ2n) is 2.25. The SMILES string of the molecule is CC#C[Si](C)(C#CC)C#CC. The first-order chi connectivity index (χ1) is 5.18. The highest BCUT2D eigenvalue weighted by atomic mass is 28.3. The molecule has 0 aliphatic rings. The minimum absolute atomic E-state index is 1.83. The second-order valence-corrected chi connectivity index (χ2v) is 5.25. The van der Waals surface area contributed by atoms with E-state index in [1.165, 1.54) is 0 Å². The van der Waals surface area contributed by atoms with Crippen molar-refractivity contribution >= 4 is 8.07 Å². The highest BCUT2D eigenvalue weighted by molar-refractivity contribution is 6.99. The molecular formula is C10H12Si. The van der Waals surface area contributed by atoms with Crippen molar-refractivity contribution in [1.82, 2.24) is 0 Å². The standard InChI is InChI=1S/C10H12Si/c1-5-8-11(4,9-6-2)10-7-3/h1-4H3. The van der Waals surface area contributed by atoms with Crippen LogP contribution >= 0.6 is 0 Å². The molecule has 0 N–H and O–H groups in total. The van der Waals surface area contributed by atoms with E-state index in [4.69, 9.17) is 0 Å². The highest BCUT2D eigenvalue weighted by Gasteiger charge is 2.18. The Hall–Kier alpha value is -1.10. The Bertz CT molecular complexity index is 243. The van der Waals surface area contributed by atoms with Crippen molar-refractivity contribution in [2.24, 2.45) is 0 Å².